The molecule has 55 heavy (non-hydrogen) atoms. The lowest BCUT2D eigenvalue weighted by molar-refractivity contribution is -0.131. The van der Waals surface area contributed by atoms with Crippen LogP contribution in [0.3, 0.4) is 0 Å². The first kappa shape index (κ1) is 42.2. The lowest BCUT2D eigenvalue weighted by Gasteiger charge is -2.29. The number of morpholine rings is 2. The molecule has 2 atom stereocenters. The minimum atomic E-state index is -1.08. The van der Waals surface area contributed by atoms with Crippen molar-refractivity contribution in [1.82, 2.24) is 5.32 Å². The molecule has 4 aromatic carbocycles. The molecule has 292 valence electrons. The van der Waals surface area contributed by atoms with E-state index in [0.29, 0.717) is 29.9 Å². The average Bonchev–Trinajstić information content (AvgIpc) is 3.18. The van der Waals surface area contributed by atoms with Crippen molar-refractivity contribution in [3.63, 3.8) is 0 Å². The Morgan fingerprint density at radius 3 is 1.56 bits per heavy atom. The van der Waals surface area contributed by atoms with Gasteiger partial charge in [0.25, 0.3) is 0 Å². The van der Waals surface area contributed by atoms with Crippen LogP contribution in [0.1, 0.15) is 48.2 Å². The Labute approximate surface area is 318 Å². The van der Waals surface area contributed by atoms with Crippen molar-refractivity contribution >= 4 is 35.4 Å². The van der Waals surface area contributed by atoms with Crippen molar-refractivity contribution in [2.24, 2.45) is 5.73 Å². The summed E-state index contributed by atoms with van der Waals surface area (Å²) in [6.45, 7) is 9.44. The summed E-state index contributed by atoms with van der Waals surface area (Å²) in [5.41, 5.74) is 9.24. The number of hydrogen-bond acceptors (Lipinski definition) is 7. The number of nitrogens with two attached hydrogens (primary N) is 1. The van der Waals surface area contributed by atoms with E-state index in [-0.39, 0.29) is 23.2 Å². The second-order valence-electron chi connectivity index (χ2n) is 12.7. The van der Waals surface area contributed by atoms with Gasteiger partial charge >= 0.3 is 5.97 Å². The molecular weight excluding hydrogens is 716 g/mol. The molecule has 2 saturated heterocycles. The number of anilines is 2. The largest absolute Gasteiger partial charge is 0.478 e. The van der Waals surface area contributed by atoms with Gasteiger partial charge in [0, 0.05) is 78.0 Å². The minimum absolute atomic E-state index is 0.230. The van der Waals surface area contributed by atoms with Gasteiger partial charge in [-0.1, -0.05) is 36.4 Å². The molecule has 2 fully saturated rings. The third-order valence-corrected chi connectivity index (χ3v) is 8.66. The number of carbonyl (C=O) groups excluding carboxylic acids is 1. The summed E-state index contributed by atoms with van der Waals surface area (Å²) >= 11 is 0. The van der Waals surface area contributed by atoms with E-state index in [1.807, 2.05) is 6.07 Å². The Bertz CT molecular complexity index is 1930. The molecule has 0 radical (unpaired) electrons. The highest BCUT2D eigenvalue weighted by Crippen LogP contribution is 2.25. The highest BCUT2D eigenvalue weighted by atomic mass is 19.1. The Morgan fingerprint density at radius 2 is 1.11 bits per heavy atom. The number of rotatable bonds is 9. The molecule has 0 aromatic heterocycles. The fourth-order valence-corrected chi connectivity index (χ4v) is 5.67. The van der Waals surface area contributed by atoms with Crippen molar-refractivity contribution in [1.29, 1.82) is 0 Å². The molecule has 4 aromatic rings. The Kier molecular flexibility index (Phi) is 16.4. The summed E-state index contributed by atoms with van der Waals surface area (Å²) in [7, 11) is 0. The van der Waals surface area contributed by atoms with E-state index >= 15 is 0 Å². The summed E-state index contributed by atoms with van der Waals surface area (Å²) in [5, 5.41) is 11.0. The second kappa shape index (κ2) is 21.4. The maximum atomic E-state index is 14.3. The van der Waals surface area contributed by atoms with Crippen LogP contribution in [0.4, 0.5) is 28.9 Å². The van der Waals surface area contributed by atoms with Gasteiger partial charge in [0.15, 0.2) is 0 Å². The third-order valence-electron chi connectivity index (χ3n) is 8.66. The number of nitrogens with one attached hydrogen (secondary N) is 1. The summed E-state index contributed by atoms with van der Waals surface area (Å²) < 4.78 is 64.8. The summed E-state index contributed by atoms with van der Waals surface area (Å²) in [6.07, 6.45) is 4.77. The van der Waals surface area contributed by atoms with Crippen molar-refractivity contribution in [2.45, 2.75) is 25.9 Å². The lowest BCUT2D eigenvalue weighted by Crippen LogP contribution is -2.36. The van der Waals surface area contributed by atoms with E-state index in [4.69, 9.17) is 20.3 Å². The number of benzene rings is 4. The van der Waals surface area contributed by atoms with Crippen molar-refractivity contribution in [3.8, 4) is 0 Å². The Balaban J connectivity index is 0.000000203. The number of ether oxygens (including phenoxy) is 2. The van der Waals surface area contributed by atoms with Crippen LogP contribution in [0.2, 0.25) is 0 Å². The molecular formula is C42H46F4N4O5. The van der Waals surface area contributed by atoms with Crippen LogP contribution in [0, 0.1) is 23.3 Å². The number of halogens is 4. The third kappa shape index (κ3) is 13.4. The average molecular weight is 763 g/mol. The zero-order valence-electron chi connectivity index (χ0n) is 30.8. The van der Waals surface area contributed by atoms with Crippen LogP contribution in [-0.2, 0) is 19.1 Å². The first-order chi connectivity index (χ1) is 26.4. The number of carboxylic acids is 1. The molecule has 0 aliphatic carbocycles. The van der Waals surface area contributed by atoms with Gasteiger partial charge < -0.3 is 35.4 Å². The number of hydrogen-bond donors (Lipinski definition) is 3. The Morgan fingerprint density at radius 1 is 0.673 bits per heavy atom. The van der Waals surface area contributed by atoms with Gasteiger partial charge in [-0.05, 0) is 74.5 Å². The molecule has 1 amide bonds. The standard InChI is InChI=1S/C21H22F2N2O2.C12H17FN2O.C9H7FO2/c1-15(24-21(26)9-6-16-4-2-3-5-19(16)22)18-14-17(7-8-20(18)23)25-10-12-27-13-11-25;1-9(14)11-8-10(2-3-12(11)13)15-4-6-16-7-5-15;10-8-4-2-1-3-7(8)5-6-9(11)12/h2-9,14-15H,10-13H2,1H3,(H,24,26);2-3,8-9H,4-7,14H2,1H3;1-6H,(H,11,12)/b9-6+;;6-5+. The molecule has 4 N–H and O–H groups in total. The highest BCUT2D eigenvalue weighted by molar-refractivity contribution is 5.92. The summed E-state index contributed by atoms with van der Waals surface area (Å²) in [6, 6.07) is 21.4. The summed E-state index contributed by atoms with van der Waals surface area (Å²) in [4.78, 5) is 26.5. The van der Waals surface area contributed by atoms with Gasteiger partial charge in [-0.2, -0.15) is 0 Å². The molecule has 2 unspecified atom stereocenters. The van der Waals surface area contributed by atoms with Gasteiger partial charge in [0.05, 0.1) is 32.5 Å². The van der Waals surface area contributed by atoms with Gasteiger partial charge in [0.1, 0.15) is 23.3 Å². The van der Waals surface area contributed by atoms with E-state index < -0.39 is 29.6 Å². The molecule has 9 nitrogen and oxygen atoms in total. The van der Waals surface area contributed by atoms with Crippen LogP contribution < -0.4 is 20.9 Å². The summed E-state index contributed by atoms with van der Waals surface area (Å²) in [5.74, 6) is -2.93. The van der Waals surface area contributed by atoms with Crippen LogP contribution >= 0.6 is 0 Å². The predicted octanol–water partition coefficient (Wildman–Crippen LogP) is 7.30. The fourth-order valence-electron chi connectivity index (χ4n) is 5.67. The molecule has 13 heteroatoms. The van der Waals surface area contributed by atoms with Crippen LogP contribution in [0.5, 0.6) is 0 Å². The second-order valence-corrected chi connectivity index (χ2v) is 12.7. The van der Waals surface area contributed by atoms with Crippen LogP contribution in [-0.4, -0.2) is 69.6 Å². The van der Waals surface area contributed by atoms with E-state index in [0.717, 1.165) is 56.8 Å². The van der Waals surface area contributed by atoms with Gasteiger partial charge in [0.2, 0.25) is 5.91 Å². The number of amides is 1. The number of carboxylic acid groups (broad SMARTS) is 1. The molecule has 0 saturated carbocycles. The van der Waals surface area contributed by atoms with Gasteiger partial charge in [-0.15, -0.1) is 0 Å². The van der Waals surface area contributed by atoms with Crippen molar-refractivity contribution in [3.05, 3.63) is 143 Å². The van der Waals surface area contributed by atoms with Crippen molar-refractivity contribution < 1.29 is 41.7 Å². The first-order valence-electron chi connectivity index (χ1n) is 17.8. The topological polar surface area (TPSA) is 117 Å². The quantitative estimate of drug-likeness (QED) is 0.120. The minimum Gasteiger partial charge on any atom is -0.478 e. The lowest BCUT2D eigenvalue weighted by atomic mass is 10.1. The van der Waals surface area contributed by atoms with Gasteiger partial charge in [-0.25, -0.2) is 22.4 Å². The maximum Gasteiger partial charge on any atom is 0.328 e. The number of nitrogens with zero attached hydrogens (tertiary/aromatic N) is 2. The molecule has 0 spiro atoms. The first-order valence-corrected chi connectivity index (χ1v) is 17.8. The molecule has 2 aliphatic heterocycles. The number of aliphatic carboxylic acids is 1. The maximum absolute atomic E-state index is 14.3. The molecule has 2 aliphatic rings. The SMILES string of the molecule is CC(N)c1cc(N2CCOCC2)ccc1F.CC(NC(=O)/C=C/c1ccccc1F)c1cc(N2CCOCC2)ccc1F.O=C(O)/C=C/c1ccccc1F. The fraction of sp³-hybridized carbons (Fsp3) is 0.286. The van der Waals surface area contributed by atoms with Gasteiger partial charge in [-0.3, -0.25) is 4.79 Å². The normalized spacial score (nSPS) is 15.4. The van der Waals surface area contributed by atoms with E-state index in [2.05, 4.69) is 15.1 Å². The Hall–Kier alpha value is -5.50. The molecule has 2 heterocycles. The smallest absolute Gasteiger partial charge is 0.328 e. The molecule has 6 rings (SSSR count). The zero-order chi connectivity index (χ0) is 39.7. The van der Waals surface area contributed by atoms with E-state index in [1.165, 1.54) is 48.6 Å². The van der Waals surface area contributed by atoms with Crippen LogP contribution in [0.15, 0.2) is 97.1 Å². The van der Waals surface area contributed by atoms with E-state index in [9.17, 15) is 27.2 Å². The monoisotopic (exact) mass is 762 g/mol. The highest BCUT2D eigenvalue weighted by Gasteiger charge is 2.18. The van der Waals surface area contributed by atoms with Crippen LogP contribution in [0.25, 0.3) is 12.2 Å². The number of carbonyl (C=O) groups is 2. The zero-order valence-corrected chi connectivity index (χ0v) is 30.8. The predicted molar refractivity (Wildman–Crippen MR) is 207 cm³/mol. The molecule has 0 bridgehead atoms. The van der Waals surface area contributed by atoms with Crippen molar-refractivity contribution in [2.75, 3.05) is 62.4 Å². The van der Waals surface area contributed by atoms with E-state index in [1.54, 1.807) is 62.4 Å².